The molecule has 0 saturated heterocycles. The maximum Gasteiger partial charge on any atom is 0.226 e. The van der Waals surface area contributed by atoms with E-state index in [1.54, 1.807) is 17.0 Å². The van der Waals surface area contributed by atoms with Gasteiger partial charge in [0.15, 0.2) is 0 Å². The quantitative estimate of drug-likeness (QED) is 0.845. The summed E-state index contributed by atoms with van der Waals surface area (Å²) in [7, 11) is 0. The number of carbonyl (C=O) groups excluding carboxylic acids is 2. The molecule has 0 heterocycles. The first-order chi connectivity index (χ1) is 11.8. The van der Waals surface area contributed by atoms with Gasteiger partial charge in [0, 0.05) is 36.3 Å². The van der Waals surface area contributed by atoms with E-state index in [0.717, 1.165) is 22.4 Å². The Hall–Kier alpha value is -2.33. The van der Waals surface area contributed by atoms with Crippen LogP contribution in [0.15, 0.2) is 36.4 Å². The van der Waals surface area contributed by atoms with E-state index in [-0.39, 0.29) is 18.2 Å². The minimum absolute atomic E-state index is 0.0845. The van der Waals surface area contributed by atoms with Gasteiger partial charge in [0.1, 0.15) is 0 Å². The second-order valence-corrected chi connectivity index (χ2v) is 6.65. The molecule has 5 heteroatoms. The number of hydrogen-bond acceptors (Lipinski definition) is 2. The van der Waals surface area contributed by atoms with E-state index in [9.17, 15) is 9.59 Å². The second kappa shape index (κ2) is 8.17. The van der Waals surface area contributed by atoms with Gasteiger partial charge in [-0.15, -0.1) is 0 Å². The SMILES string of the molecule is CC(=O)N(CCC(=O)Nc1cc(Cl)ccc1C)c1ccc(C)cc1C. The highest BCUT2D eigenvalue weighted by Crippen LogP contribution is 2.23. The van der Waals surface area contributed by atoms with Gasteiger partial charge in [0.25, 0.3) is 0 Å². The molecule has 2 rings (SSSR count). The van der Waals surface area contributed by atoms with Gasteiger partial charge in [-0.05, 0) is 50.1 Å². The highest BCUT2D eigenvalue weighted by molar-refractivity contribution is 6.31. The molecule has 4 nitrogen and oxygen atoms in total. The molecule has 0 aliphatic rings. The van der Waals surface area contributed by atoms with Gasteiger partial charge in [0.2, 0.25) is 11.8 Å². The summed E-state index contributed by atoms with van der Waals surface area (Å²) in [5.41, 5.74) is 4.62. The Bertz CT molecular complexity index is 802. The molecule has 0 aromatic heterocycles. The second-order valence-electron chi connectivity index (χ2n) is 6.22. The number of anilines is 2. The largest absolute Gasteiger partial charge is 0.326 e. The highest BCUT2D eigenvalue weighted by atomic mass is 35.5. The first kappa shape index (κ1) is 19.0. The van der Waals surface area contributed by atoms with Gasteiger partial charge >= 0.3 is 0 Å². The number of carbonyl (C=O) groups is 2. The number of rotatable bonds is 5. The third-order valence-electron chi connectivity index (χ3n) is 4.06. The number of aryl methyl sites for hydroxylation is 3. The molecule has 0 fully saturated rings. The van der Waals surface area contributed by atoms with Crippen LogP contribution in [-0.2, 0) is 9.59 Å². The first-order valence-electron chi connectivity index (χ1n) is 8.19. The fourth-order valence-electron chi connectivity index (χ4n) is 2.71. The monoisotopic (exact) mass is 358 g/mol. The number of nitrogens with one attached hydrogen (secondary N) is 1. The van der Waals surface area contributed by atoms with Crippen LogP contribution in [0.3, 0.4) is 0 Å². The molecular formula is C20H23ClN2O2. The normalized spacial score (nSPS) is 10.4. The molecule has 0 spiro atoms. The molecular weight excluding hydrogens is 336 g/mol. The zero-order chi connectivity index (χ0) is 18.6. The Balaban J connectivity index is 2.07. The Morgan fingerprint density at radius 3 is 2.40 bits per heavy atom. The summed E-state index contributed by atoms with van der Waals surface area (Å²) in [5.74, 6) is -0.236. The lowest BCUT2D eigenvalue weighted by atomic mass is 10.1. The Morgan fingerprint density at radius 1 is 1.04 bits per heavy atom. The van der Waals surface area contributed by atoms with Crippen molar-refractivity contribution in [1.29, 1.82) is 0 Å². The summed E-state index contributed by atoms with van der Waals surface area (Å²) in [6.45, 7) is 7.72. The standard InChI is InChI=1S/C20H23ClN2O2/c1-13-5-8-19(15(3)11-13)23(16(4)24)10-9-20(25)22-18-12-17(21)7-6-14(18)2/h5-8,11-12H,9-10H2,1-4H3,(H,22,25). The predicted molar refractivity (Wildman–Crippen MR) is 103 cm³/mol. The third-order valence-corrected chi connectivity index (χ3v) is 4.29. The summed E-state index contributed by atoms with van der Waals surface area (Å²) in [6.07, 6.45) is 0.207. The van der Waals surface area contributed by atoms with E-state index < -0.39 is 0 Å². The van der Waals surface area contributed by atoms with Crippen LogP contribution in [0.25, 0.3) is 0 Å². The number of amides is 2. The molecule has 0 bridgehead atoms. The molecule has 25 heavy (non-hydrogen) atoms. The van der Waals surface area contributed by atoms with E-state index in [1.165, 1.54) is 6.92 Å². The summed E-state index contributed by atoms with van der Waals surface area (Å²) >= 11 is 5.98. The Labute approximate surface area is 153 Å². The third kappa shape index (κ3) is 5.07. The average Bonchev–Trinajstić information content (AvgIpc) is 2.52. The van der Waals surface area contributed by atoms with Crippen LogP contribution in [0, 0.1) is 20.8 Å². The zero-order valence-corrected chi connectivity index (χ0v) is 15.8. The van der Waals surface area contributed by atoms with Crippen LogP contribution < -0.4 is 10.2 Å². The fraction of sp³-hybridized carbons (Fsp3) is 0.300. The molecule has 1 N–H and O–H groups in total. The summed E-state index contributed by atoms with van der Waals surface area (Å²) in [5, 5.41) is 3.43. The van der Waals surface area contributed by atoms with E-state index in [4.69, 9.17) is 11.6 Å². The maximum absolute atomic E-state index is 12.3. The smallest absolute Gasteiger partial charge is 0.226 e. The van der Waals surface area contributed by atoms with Crippen molar-refractivity contribution in [3.05, 3.63) is 58.1 Å². The van der Waals surface area contributed by atoms with Crippen molar-refractivity contribution < 1.29 is 9.59 Å². The molecule has 0 atom stereocenters. The Morgan fingerprint density at radius 2 is 1.76 bits per heavy atom. The van der Waals surface area contributed by atoms with Gasteiger partial charge < -0.3 is 10.2 Å². The maximum atomic E-state index is 12.3. The van der Waals surface area contributed by atoms with E-state index in [2.05, 4.69) is 5.32 Å². The molecule has 0 aliphatic heterocycles. The summed E-state index contributed by atoms with van der Waals surface area (Å²) in [4.78, 5) is 25.9. The van der Waals surface area contributed by atoms with E-state index in [0.29, 0.717) is 17.3 Å². The van der Waals surface area contributed by atoms with Crippen LogP contribution in [0.2, 0.25) is 5.02 Å². The molecule has 0 radical (unpaired) electrons. The average molecular weight is 359 g/mol. The minimum Gasteiger partial charge on any atom is -0.326 e. The van der Waals surface area contributed by atoms with Crippen molar-refractivity contribution in [1.82, 2.24) is 0 Å². The lowest BCUT2D eigenvalue weighted by Gasteiger charge is -2.23. The number of nitrogens with zero attached hydrogens (tertiary/aromatic N) is 1. The molecule has 0 unspecified atom stereocenters. The van der Waals surface area contributed by atoms with Crippen LogP contribution in [0.4, 0.5) is 11.4 Å². The van der Waals surface area contributed by atoms with Crippen LogP contribution in [0.5, 0.6) is 0 Å². The molecule has 0 aliphatic carbocycles. The lowest BCUT2D eigenvalue weighted by Crippen LogP contribution is -2.32. The van der Waals surface area contributed by atoms with E-state index in [1.807, 2.05) is 45.0 Å². The first-order valence-corrected chi connectivity index (χ1v) is 8.57. The summed E-state index contributed by atoms with van der Waals surface area (Å²) in [6, 6.07) is 11.3. The van der Waals surface area contributed by atoms with Crippen molar-refractivity contribution >= 4 is 34.8 Å². The molecule has 2 aromatic rings. The van der Waals surface area contributed by atoms with Crippen LogP contribution >= 0.6 is 11.6 Å². The summed E-state index contributed by atoms with van der Waals surface area (Å²) < 4.78 is 0. The van der Waals surface area contributed by atoms with Gasteiger partial charge in [0.05, 0.1) is 0 Å². The van der Waals surface area contributed by atoms with Crippen molar-refractivity contribution in [3.8, 4) is 0 Å². The van der Waals surface area contributed by atoms with Crippen molar-refractivity contribution in [3.63, 3.8) is 0 Å². The highest BCUT2D eigenvalue weighted by Gasteiger charge is 2.16. The predicted octanol–water partition coefficient (Wildman–Crippen LogP) is 4.65. The van der Waals surface area contributed by atoms with Gasteiger partial charge in [-0.2, -0.15) is 0 Å². The van der Waals surface area contributed by atoms with Crippen LogP contribution in [-0.4, -0.2) is 18.4 Å². The van der Waals surface area contributed by atoms with Crippen molar-refractivity contribution in [2.24, 2.45) is 0 Å². The molecule has 2 amide bonds. The fourth-order valence-corrected chi connectivity index (χ4v) is 2.88. The van der Waals surface area contributed by atoms with Gasteiger partial charge in [-0.25, -0.2) is 0 Å². The lowest BCUT2D eigenvalue weighted by molar-refractivity contribution is -0.117. The number of benzene rings is 2. The number of halogens is 1. The zero-order valence-electron chi connectivity index (χ0n) is 15.0. The molecule has 0 saturated carbocycles. The van der Waals surface area contributed by atoms with Crippen molar-refractivity contribution in [2.75, 3.05) is 16.8 Å². The van der Waals surface area contributed by atoms with E-state index >= 15 is 0 Å². The number of hydrogen-bond donors (Lipinski definition) is 1. The Kier molecular flexibility index (Phi) is 6.21. The minimum atomic E-state index is -0.151. The molecule has 2 aromatic carbocycles. The van der Waals surface area contributed by atoms with Gasteiger partial charge in [-0.3, -0.25) is 9.59 Å². The van der Waals surface area contributed by atoms with Gasteiger partial charge in [-0.1, -0.05) is 35.4 Å². The van der Waals surface area contributed by atoms with Crippen LogP contribution in [0.1, 0.15) is 30.0 Å². The topological polar surface area (TPSA) is 49.4 Å². The van der Waals surface area contributed by atoms with Crippen molar-refractivity contribution in [2.45, 2.75) is 34.1 Å². The molecule has 132 valence electrons.